The Morgan fingerprint density at radius 2 is 1.90 bits per heavy atom. The van der Waals surface area contributed by atoms with Crippen LogP contribution in [0.25, 0.3) is 0 Å². The highest BCUT2D eigenvalue weighted by atomic mass is 35.5. The average molecular weight is 191 g/mol. The first kappa shape index (κ1) is 16.8. The van der Waals surface area contributed by atoms with E-state index < -0.39 is 0 Å². The van der Waals surface area contributed by atoms with Gasteiger partial charge in [0.2, 0.25) is 0 Å². The molecule has 0 aromatic heterocycles. The maximum atomic E-state index is 5.32. The first-order valence-electron chi connectivity index (χ1n) is 2.83. The topological polar surface area (TPSA) is 61.3 Å². The number of halogens is 2. The molecule has 0 saturated carbocycles. The molecule has 0 rings (SSSR count). The second-order valence-electron chi connectivity index (χ2n) is 2.00. The molecule has 1 unspecified atom stereocenters. The van der Waals surface area contributed by atoms with Crippen molar-refractivity contribution >= 4 is 24.8 Å². The number of nitrogens with two attached hydrogens (primary N) is 2. The third-order valence-corrected chi connectivity index (χ3v) is 1.13. The van der Waals surface area contributed by atoms with Gasteiger partial charge in [-0.2, -0.15) is 0 Å². The molecule has 0 spiro atoms. The summed E-state index contributed by atoms with van der Waals surface area (Å²) in [5.74, 6) is 5.32. The van der Waals surface area contributed by atoms with Crippen LogP contribution in [0, 0.1) is 5.92 Å². The van der Waals surface area contributed by atoms with E-state index in [1.807, 2.05) is 0 Å². The van der Waals surface area contributed by atoms with Crippen LogP contribution in [0.1, 0.15) is 13.3 Å². The zero-order valence-electron chi connectivity index (χ0n) is 6.08. The van der Waals surface area contributed by atoms with E-state index in [1.54, 1.807) is 0 Å². The molecule has 10 heavy (non-hydrogen) atoms. The Bertz CT molecular complexity index is 56.9. The van der Waals surface area contributed by atoms with Gasteiger partial charge in [0.1, 0.15) is 0 Å². The fraction of sp³-hybridized carbons (Fsp3) is 1.00. The zero-order valence-corrected chi connectivity index (χ0v) is 7.71. The van der Waals surface area contributed by atoms with Crippen LogP contribution in [0.2, 0.25) is 0 Å². The van der Waals surface area contributed by atoms with Crippen LogP contribution in [-0.2, 0) is 4.84 Å². The fourth-order valence-electron chi connectivity index (χ4n) is 0.387. The molecule has 66 valence electrons. The quantitative estimate of drug-likeness (QED) is 0.643. The van der Waals surface area contributed by atoms with E-state index in [2.05, 4.69) is 11.8 Å². The van der Waals surface area contributed by atoms with Crippen LogP contribution in [0.3, 0.4) is 0 Å². The van der Waals surface area contributed by atoms with Crippen molar-refractivity contribution in [2.45, 2.75) is 13.3 Å². The molecule has 3 nitrogen and oxygen atoms in total. The molecule has 0 radical (unpaired) electrons. The second kappa shape index (κ2) is 12.2. The molecular formula is C5H16Cl2N2O. The van der Waals surface area contributed by atoms with Gasteiger partial charge >= 0.3 is 0 Å². The van der Waals surface area contributed by atoms with Crippen molar-refractivity contribution in [1.29, 1.82) is 0 Å². The van der Waals surface area contributed by atoms with Crippen LogP contribution in [-0.4, -0.2) is 13.2 Å². The van der Waals surface area contributed by atoms with Crippen LogP contribution < -0.4 is 11.6 Å². The van der Waals surface area contributed by atoms with Crippen molar-refractivity contribution in [3.8, 4) is 0 Å². The molecule has 0 fully saturated rings. The summed E-state index contributed by atoms with van der Waals surface area (Å²) in [6.45, 7) is 3.39. The Labute approximate surface area is 74.3 Å². The molecule has 0 aliphatic carbocycles. The molecule has 0 aromatic rings. The summed E-state index contributed by atoms with van der Waals surface area (Å²) >= 11 is 0. The predicted octanol–water partition coefficient (Wildman–Crippen LogP) is 0.705. The van der Waals surface area contributed by atoms with E-state index in [0.29, 0.717) is 19.1 Å². The Morgan fingerprint density at radius 3 is 2.20 bits per heavy atom. The van der Waals surface area contributed by atoms with Crippen molar-refractivity contribution < 1.29 is 4.84 Å². The molecule has 0 bridgehead atoms. The van der Waals surface area contributed by atoms with Gasteiger partial charge in [-0.15, -0.1) is 24.8 Å². The van der Waals surface area contributed by atoms with E-state index in [4.69, 9.17) is 11.6 Å². The molecule has 0 aromatic carbocycles. The normalized spacial score (nSPS) is 11.1. The van der Waals surface area contributed by atoms with Gasteiger partial charge in [0, 0.05) is 0 Å². The molecule has 5 heteroatoms. The molecule has 0 aliphatic heterocycles. The number of rotatable bonds is 4. The molecule has 1 atom stereocenters. The van der Waals surface area contributed by atoms with Gasteiger partial charge in [0.25, 0.3) is 0 Å². The average Bonchev–Trinajstić information content (AvgIpc) is 1.83. The summed E-state index contributed by atoms with van der Waals surface area (Å²) in [5, 5.41) is 0. The van der Waals surface area contributed by atoms with E-state index in [9.17, 15) is 0 Å². The highest BCUT2D eigenvalue weighted by Gasteiger charge is 1.95. The Kier molecular flexibility index (Phi) is 20.5. The Balaban J connectivity index is -0.000000245. The lowest BCUT2D eigenvalue weighted by Crippen LogP contribution is -2.14. The van der Waals surface area contributed by atoms with Crippen LogP contribution in [0.4, 0.5) is 0 Å². The van der Waals surface area contributed by atoms with Gasteiger partial charge < -0.3 is 10.6 Å². The van der Waals surface area contributed by atoms with Crippen LogP contribution in [0.5, 0.6) is 0 Å². The highest BCUT2D eigenvalue weighted by molar-refractivity contribution is 5.85. The maximum Gasteiger partial charge on any atom is 0.0682 e. The lowest BCUT2D eigenvalue weighted by atomic mass is 10.1. The van der Waals surface area contributed by atoms with Crippen molar-refractivity contribution in [2.24, 2.45) is 17.5 Å². The summed E-state index contributed by atoms with van der Waals surface area (Å²) in [7, 11) is 0. The first-order valence-corrected chi connectivity index (χ1v) is 2.83. The molecule has 0 heterocycles. The van der Waals surface area contributed by atoms with Gasteiger partial charge in [-0.1, -0.05) is 6.92 Å². The summed E-state index contributed by atoms with van der Waals surface area (Å²) < 4.78 is 0. The summed E-state index contributed by atoms with van der Waals surface area (Å²) in [5.41, 5.74) is 5.32. The van der Waals surface area contributed by atoms with Crippen LogP contribution >= 0.6 is 24.8 Å². The van der Waals surface area contributed by atoms with E-state index in [1.165, 1.54) is 0 Å². The molecule has 0 saturated heterocycles. The minimum absolute atomic E-state index is 0. The standard InChI is InChI=1S/C5H14N2O.2ClH/c1-5(4-6)2-3-8-7;;/h5H,2-4,6-7H2,1H3;2*1H. The van der Waals surface area contributed by atoms with Gasteiger partial charge in [0.15, 0.2) is 0 Å². The summed E-state index contributed by atoms with van der Waals surface area (Å²) in [6.07, 6.45) is 0.951. The van der Waals surface area contributed by atoms with E-state index >= 15 is 0 Å². The maximum absolute atomic E-state index is 5.32. The predicted molar refractivity (Wildman–Crippen MR) is 47.5 cm³/mol. The zero-order chi connectivity index (χ0) is 6.41. The Morgan fingerprint density at radius 1 is 1.40 bits per heavy atom. The van der Waals surface area contributed by atoms with Crippen molar-refractivity contribution in [3.05, 3.63) is 0 Å². The smallest absolute Gasteiger partial charge is 0.0682 e. The van der Waals surface area contributed by atoms with Crippen molar-refractivity contribution in [1.82, 2.24) is 0 Å². The SMILES string of the molecule is CC(CN)CCON.Cl.Cl. The van der Waals surface area contributed by atoms with Crippen LogP contribution in [0.15, 0.2) is 0 Å². The third kappa shape index (κ3) is 11.3. The molecule has 0 aliphatic rings. The summed E-state index contributed by atoms with van der Waals surface area (Å²) in [6, 6.07) is 0. The monoisotopic (exact) mass is 190 g/mol. The summed E-state index contributed by atoms with van der Waals surface area (Å²) in [4.78, 5) is 4.36. The Hall–Kier alpha value is 0.460. The van der Waals surface area contributed by atoms with Gasteiger partial charge in [-0.05, 0) is 18.9 Å². The lowest BCUT2D eigenvalue weighted by molar-refractivity contribution is 0.125. The second-order valence-corrected chi connectivity index (χ2v) is 2.00. The van der Waals surface area contributed by atoms with Gasteiger partial charge in [0.05, 0.1) is 6.61 Å². The highest BCUT2D eigenvalue weighted by Crippen LogP contribution is 1.96. The number of hydrogen-bond donors (Lipinski definition) is 2. The first-order chi connectivity index (χ1) is 3.81. The van der Waals surface area contributed by atoms with E-state index in [-0.39, 0.29) is 24.8 Å². The van der Waals surface area contributed by atoms with Crippen molar-refractivity contribution in [3.63, 3.8) is 0 Å². The van der Waals surface area contributed by atoms with Gasteiger partial charge in [-0.3, -0.25) is 0 Å². The van der Waals surface area contributed by atoms with E-state index in [0.717, 1.165) is 6.42 Å². The minimum Gasteiger partial charge on any atom is -0.330 e. The van der Waals surface area contributed by atoms with Crippen molar-refractivity contribution in [2.75, 3.05) is 13.2 Å². The molecule has 4 N–H and O–H groups in total. The molecular weight excluding hydrogens is 175 g/mol. The minimum atomic E-state index is 0. The number of hydrogen-bond acceptors (Lipinski definition) is 3. The van der Waals surface area contributed by atoms with Gasteiger partial charge in [-0.25, -0.2) is 5.90 Å². The third-order valence-electron chi connectivity index (χ3n) is 1.13. The fourth-order valence-corrected chi connectivity index (χ4v) is 0.387. The lowest BCUT2D eigenvalue weighted by Gasteiger charge is -2.04. The molecule has 0 amide bonds. The largest absolute Gasteiger partial charge is 0.330 e.